The van der Waals surface area contributed by atoms with Gasteiger partial charge in [-0.3, -0.25) is 9.59 Å². The Labute approximate surface area is 203 Å². The van der Waals surface area contributed by atoms with Crippen molar-refractivity contribution in [2.45, 2.75) is 26.3 Å². The molecular formula is C26H26N4O5. The molecule has 1 aromatic heterocycles. The fourth-order valence-corrected chi connectivity index (χ4v) is 3.70. The van der Waals surface area contributed by atoms with Crippen molar-refractivity contribution in [3.05, 3.63) is 83.8 Å². The van der Waals surface area contributed by atoms with Crippen LogP contribution in [0.2, 0.25) is 0 Å². The van der Waals surface area contributed by atoms with E-state index in [2.05, 4.69) is 15.6 Å². The summed E-state index contributed by atoms with van der Waals surface area (Å²) in [6.45, 7) is 2.95. The third-order valence-electron chi connectivity index (χ3n) is 5.47. The van der Waals surface area contributed by atoms with Gasteiger partial charge in [-0.2, -0.15) is 5.10 Å². The summed E-state index contributed by atoms with van der Waals surface area (Å²) in [7, 11) is 1.61. The number of benzene rings is 2. The van der Waals surface area contributed by atoms with Gasteiger partial charge in [0.15, 0.2) is 6.61 Å². The molecule has 0 fully saturated rings. The van der Waals surface area contributed by atoms with E-state index in [0.29, 0.717) is 23.6 Å². The van der Waals surface area contributed by atoms with Crippen LogP contribution < -0.4 is 10.1 Å². The van der Waals surface area contributed by atoms with Gasteiger partial charge in [-0.15, -0.1) is 0 Å². The molecule has 2 amide bonds. The molecule has 3 aromatic rings. The van der Waals surface area contributed by atoms with Crippen molar-refractivity contribution in [3.63, 3.8) is 0 Å². The quantitative estimate of drug-likeness (QED) is 0.386. The molecule has 35 heavy (non-hydrogen) atoms. The van der Waals surface area contributed by atoms with Crippen LogP contribution in [0, 0.1) is 0 Å². The number of rotatable bonds is 8. The number of hydrogen-bond donors (Lipinski definition) is 1. The number of furan rings is 1. The highest BCUT2D eigenvalue weighted by Gasteiger charge is 2.35. The molecule has 2 heterocycles. The van der Waals surface area contributed by atoms with Crippen molar-refractivity contribution in [1.29, 1.82) is 0 Å². The van der Waals surface area contributed by atoms with Crippen molar-refractivity contribution in [2.24, 2.45) is 10.3 Å². The minimum atomic E-state index is -0.371. The van der Waals surface area contributed by atoms with Crippen molar-refractivity contribution in [3.8, 4) is 5.75 Å². The van der Waals surface area contributed by atoms with Gasteiger partial charge in [0.1, 0.15) is 17.6 Å². The van der Waals surface area contributed by atoms with E-state index in [9.17, 15) is 9.59 Å². The lowest BCUT2D eigenvalue weighted by atomic mass is 10.0. The van der Waals surface area contributed by atoms with Crippen molar-refractivity contribution in [2.75, 3.05) is 19.0 Å². The third kappa shape index (κ3) is 5.75. The predicted octanol–water partition coefficient (Wildman–Crippen LogP) is 4.37. The van der Waals surface area contributed by atoms with Crippen LogP contribution in [0.15, 0.2) is 81.6 Å². The molecular weight excluding hydrogens is 448 g/mol. The lowest BCUT2D eigenvalue weighted by Gasteiger charge is -2.19. The minimum Gasteiger partial charge on any atom is -0.497 e. The summed E-state index contributed by atoms with van der Waals surface area (Å²) in [6, 6.07) is 17.9. The molecule has 1 aliphatic rings. The average molecular weight is 475 g/mol. The normalized spacial score (nSPS) is 15.5. The van der Waals surface area contributed by atoms with Crippen molar-refractivity contribution >= 4 is 28.9 Å². The second-order valence-electron chi connectivity index (χ2n) is 7.96. The lowest BCUT2D eigenvalue weighted by molar-refractivity contribution is -0.138. The van der Waals surface area contributed by atoms with Crippen molar-refractivity contribution < 1.29 is 23.6 Å². The molecule has 0 spiro atoms. The van der Waals surface area contributed by atoms with Crippen LogP contribution in [0.3, 0.4) is 0 Å². The number of hydrogen-bond acceptors (Lipinski definition) is 7. The number of ether oxygens (including phenoxy) is 1. The maximum atomic E-state index is 13.0. The summed E-state index contributed by atoms with van der Waals surface area (Å²) in [5.41, 5.74) is 3.75. The summed E-state index contributed by atoms with van der Waals surface area (Å²) < 4.78 is 10.8. The van der Waals surface area contributed by atoms with Gasteiger partial charge in [-0.1, -0.05) is 17.3 Å². The number of nitrogens with zero attached hydrogens (tertiary/aromatic N) is 3. The highest BCUT2D eigenvalue weighted by atomic mass is 16.6. The zero-order chi connectivity index (χ0) is 24.8. The Balaban J connectivity index is 1.44. The summed E-state index contributed by atoms with van der Waals surface area (Å²) in [5.74, 6) is 0.906. The summed E-state index contributed by atoms with van der Waals surface area (Å²) in [5, 5.41) is 12.8. The Morgan fingerprint density at radius 1 is 1.11 bits per heavy atom. The fourth-order valence-electron chi connectivity index (χ4n) is 3.70. The molecule has 1 N–H and O–H groups in total. The SMILES string of the molecule is COc1ccc(C2=NN(C(=O)CO/N=C(\C)c3ccc(NC(C)=O)cc3)C(c3ccco3)C2)cc1. The number of hydrazone groups is 1. The van der Waals surface area contributed by atoms with Crippen LogP contribution in [0.1, 0.15) is 43.2 Å². The highest BCUT2D eigenvalue weighted by Crippen LogP contribution is 2.33. The van der Waals surface area contributed by atoms with E-state index in [0.717, 1.165) is 22.6 Å². The molecule has 1 aliphatic heterocycles. The summed E-state index contributed by atoms with van der Waals surface area (Å²) in [6.07, 6.45) is 2.08. The molecule has 9 heteroatoms. The zero-order valence-corrected chi connectivity index (χ0v) is 19.7. The van der Waals surface area contributed by atoms with Gasteiger partial charge in [0.2, 0.25) is 5.91 Å². The molecule has 1 unspecified atom stereocenters. The smallest absolute Gasteiger partial charge is 0.284 e. The standard InChI is InChI=1S/C26H26N4O5/c1-17(19-6-10-21(11-7-19)27-18(2)31)29-35-16-26(32)30-24(25-5-4-14-34-25)15-23(28-30)20-8-12-22(33-3)13-9-20/h4-14,24H,15-16H2,1-3H3,(H,27,31)/b29-17+. The monoisotopic (exact) mass is 474 g/mol. The summed E-state index contributed by atoms with van der Waals surface area (Å²) >= 11 is 0. The van der Waals surface area contributed by atoms with Crippen LogP contribution in [0.4, 0.5) is 5.69 Å². The molecule has 180 valence electrons. The largest absolute Gasteiger partial charge is 0.497 e. The average Bonchev–Trinajstić information content (AvgIpc) is 3.54. The number of carbonyl (C=O) groups is 2. The van der Waals surface area contributed by atoms with E-state index in [4.69, 9.17) is 14.0 Å². The van der Waals surface area contributed by atoms with Crippen LogP contribution in [-0.2, 0) is 14.4 Å². The maximum absolute atomic E-state index is 13.0. The number of carbonyl (C=O) groups excluding carboxylic acids is 2. The number of methoxy groups -OCH3 is 1. The van der Waals surface area contributed by atoms with E-state index >= 15 is 0 Å². The van der Waals surface area contributed by atoms with Gasteiger partial charge in [0.05, 0.1) is 24.8 Å². The molecule has 0 saturated carbocycles. The molecule has 0 radical (unpaired) electrons. The maximum Gasteiger partial charge on any atom is 0.284 e. The Hall–Kier alpha value is -4.40. The summed E-state index contributed by atoms with van der Waals surface area (Å²) in [4.78, 5) is 29.5. The number of nitrogens with one attached hydrogen (secondary N) is 1. The first-order valence-electron chi connectivity index (χ1n) is 11.1. The first-order valence-corrected chi connectivity index (χ1v) is 11.1. The Kier molecular flexibility index (Phi) is 7.25. The number of anilines is 1. The Morgan fingerprint density at radius 2 is 1.86 bits per heavy atom. The second-order valence-corrected chi connectivity index (χ2v) is 7.96. The van der Waals surface area contributed by atoms with Crippen LogP contribution >= 0.6 is 0 Å². The van der Waals surface area contributed by atoms with Gasteiger partial charge >= 0.3 is 0 Å². The lowest BCUT2D eigenvalue weighted by Crippen LogP contribution is -2.29. The Morgan fingerprint density at radius 3 is 2.49 bits per heavy atom. The molecule has 0 saturated heterocycles. The van der Waals surface area contributed by atoms with Gasteiger partial charge in [0, 0.05) is 19.0 Å². The van der Waals surface area contributed by atoms with E-state index in [-0.39, 0.29) is 24.5 Å². The molecule has 2 aromatic carbocycles. The molecule has 0 bridgehead atoms. The molecule has 0 aliphatic carbocycles. The van der Waals surface area contributed by atoms with Gasteiger partial charge in [-0.05, 0) is 66.6 Å². The fraction of sp³-hybridized carbons (Fsp3) is 0.231. The topological polar surface area (TPSA) is 106 Å². The van der Waals surface area contributed by atoms with E-state index in [1.54, 1.807) is 38.5 Å². The highest BCUT2D eigenvalue weighted by molar-refractivity contribution is 6.03. The Bertz CT molecular complexity index is 1230. The van der Waals surface area contributed by atoms with Crippen molar-refractivity contribution in [1.82, 2.24) is 5.01 Å². The molecule has 4 rings (SSSR count). The first kappa shape index (κ1) is 23.7. The first-order chi connectivity index (χ1) is 16.9. The minimum absolute atomic E-state index is 0.141. The van der Waals surface area contributed by atoms with Gasteiger partial charge in [0.25, 0.3) is 5.91 Å². The van der Waals surface area contributed by atoms with E-state index in [1.807, 2.05) is 42.5 Å². The molecule has 1 atom stereocenters. The second kappa shape index (κ2) is 10.7. The van der Waals surface area contributed by atoms with Gasteiger partial charge < -0.3 is 19.3 Å². The zero-order valence-electron chi connectivity index (χ0n) is 19.7. The van der Waals surface area contributed by atoms with Gasteiger partial charge in [-0.25, -0.2) is 5.01 Å². The predicted molar refractivity (Wildman–Crippen MR) is 131 cm³/mol. The third-order valence-corrected chi connectivity index (χ3v) is 5.47. The number of amides is 2. The van der Waals surface area contributed by atoms with Crippen LogP contribution in [0.5, 0.6) is 5.75 Å². The van der Waals surface area contributed by atoms with E-state index < -0.39 is 0 Å². The molecule has 9 nitrogen and oxygen atoms in total. The van der Waals surface area contributed by atoms with Crippen LogP contribution in [-0.4, -0.2) is 42.0 Å². The number of oxime groups is 1. The van der Waals surface area contributed by atoms with E-state index in [1.165, 1.54) is 11.9 Å². The van der Waals surface area contributed by atoms with Crippen LogP contribution in [0.25, 0.3) is 0 Å².